The fraction of sp³-hybridized carbons (Fsp3) is 0.190. The minimum Gasteiger partial charge on any atom is -0.325 e. The van der Waals surface area contributed by atoms with Gasteiger partial charge >= 0.3 is 0 Å². The highest BCUT2D eigenvalue weighted by atomic mass is 35.5. The van der Waals surface area contributed by atoms with Gasteiger partial charge in [-0.25, -0.2) is 9.37 Å². The molecule has 136 valence electrons. The van der Waals surface area contributed by atoms with Gasteiger partial charge in [0, 0.05) is 17.5 Å². The number of nitrogens with one attached hydrogen (secondary N) is 1. The molecule has 0 saturated carbocycles. The number of benzene rings is 2. The summed E-state index contributed by atoms with van der Waals surface area (Å²) >= 11 is 6.30. The zero-order valence-corrected chi connectivity index (χ0v) is 15.6. The monoisotopic (exact) mass is 381 g/mol. The minimum atomic E-state index is -0.947. The van der Waals surface area contributed by atoms with Crippen LogP contribution in [0.5, 0.6) is 0 Å². The van der Waals surface area contributed by atoms with Gasteiger partial charge in [0.25, 0.3) is 0 Å². The largest absolute Gasteiger partial charge is 0.325 e. The van der Waals surface area contributed by atoms with Gasteiger partial charge in [-0.1, -0.05) is 23.2 Å². The summed E-state index contributed by atoms with van der Waals surface area (Å²) in [5.74, 6) is -1.82. The molecule has 0 aliphatic rings. The van der Waals surface area contributed by atoms with Crippen LogP contribution in [0.25, 0.3) is 10.9 Å². The molecule has 1 aromatic heterocycles. The number of hydrogen-bond donors (Lipinski definition) is 1. The van der Waals surface area contributed by atoms with E-state index in [4.69, 9.17) is 11.6 Å². The summed E-state index contributed by atoms with van der Waals surface area (Å²) in [5, 5.41) is 13.3. The van der Waals surface area contributed by atoms with Gasteiger partial charge in [0.15, 0.2) is 0 Å². The third kappa shape index (κ3) is 4.24. The number of pyridine rings is 1. The Balaban J connectivity index is 1.85. The quantitative estimate of drug-likeness (QED) is 0.649. The number of fused-ring (bicyclic) bond motifs is 1. The Hall–Kier alpha value is -2.97. The number of hydrogen-bond acceptors (Lipinski definition) is 3. The zero-order chi connectivity index (χ0) is 19.6. The molecular formula is C21H17ClFN3O. The number of nitriles is 1. The van der Waals surface area contributed by atoms with E-state index in [1.807, 2.05) is 38.1 Å². The van der Waals surface area contributed by atoms with Crippen molar-refractivity contribution in [1.29, 1.82) is 5.26 Å². The second-order valence-corrected chi connectivity index (χ2v) is 6.83. The van der Waals surface area contributed by atoms with Crippen molar-refractivity contribution < 1.29 is 9.18 Å². The SMILES string of the molecule is Cc1cc(C)c2nc(Cl)c(CC(C#N)C(=O)Nc3ccc(F)cc3)cc2c1. The van der Waals surface area contributed by atoms with Crippen molar-refractivity contribution in [3.05, 3.63) is 70.1 Å². The smallest absolute Gasteiger partial charge is 0.242 e. The molecule has 0 aliphatic heterocycles. The van der Waals surface area contributed by atoms with E-state index in [9.17, 15) is 14.4 Å². The highest BCUT2D eigenvalue weighted by Gasteiger charge is 2.21. The van der Waals surface area contributed by atoms with E-state index in [0.717, 1.165) is 22.0 Å². The van der Waals surface area contributed by atoms with Crippen LogP contribution >= 0.6 is 11.6 Å². The number of nitrogens with zero attached hydrogens (tertiary/aromatic N) is 2. The Morgan fingerprint density at radius 1 is 1.26 bits per heavy atom. The highest BCUT2D eigenvalue weighted by molar-refractivity contribution is 6.30. The molecule has 1 amide bonds. The van der Waals surface area contributed by atoms with Gasteiger partial charge in [-0.15, -0.1) is 0 Å². The van der Waals surface area contributed by atoms with Crippen LogP contribution < -0.4 is 5.32 Å². The lowest BCUT2D eigenvalue weighted by molar-refractivity contribution is -0.118. The van der Waals surface area contributed by atoms with E-state index in [2.05, 4.69) is 10.3 Å². The van der Waals surface area contributed by atoms with Gasteiger partial charge in [-0.2, -0.15) is 5.26 Å². The first-order valence-electron chi connectivity index (χ1n) is 8.40. The molecule has 2 aromatic carbocycles. The number of amides is 1. The van der Waals surface area contributed by atoms with Crippen LogP contribution in [0.15, 0.2) is 42.5 Å². The lowest BCUT2D eigenvalue weighted by Gasteiger charge is -2.13. The topological polar surface area (TPSA) is 65.8 Å². The fourth-order valence-corrected chi connectivity index (χ4v) is 3.21. The molecule has 0 fully saturated rings. The number of carbonyl (C=O) groups excluding carboxylic acids is 1. The molecule has 0 bridgehead atoms. The average Bonchev–Trinajstić information content (AvgIpc) is 2.62. The molecular weight excluding hydrogens is 365 g/mol. The van der Waals surface area contributed by atoms with Crippen molar-refractivity contribution in [2.24, 2.45) is 5.92 Å². The van der Waals surface area contributed by atoms with E-state index in [1.54, 1.807) is 0 Å². The van der Waals surface area contributed by atoms with Gasteiger partial charge in [0.2, 0.25) is 5.91 Å². The van der Waals surface area contributed by atoms with Crippen molar-refractivity contribution in [2.75, 3.05) is 5.32 Å². The summed E-state index contributed by atoms with van der Waals surface area (Å²) in [7, 11) is 0. The first kappa shape index (κ1) is 18.8. The van der Waals surface area contributed by atoms with E-state index in [-0.39, 0.29) is 11.6 Å². The van der Waals surface area contributed by atoms with Gasteiger partial charge in [0.05, 0.1) is 11.6 Å². The van der Waals surface area contributed by atoms with Gasteiger partial charge in [0.1, 0.15) is 16.9 Å². The van der Waals surface area contributed by atoms with Gasteiger partial charge < -0.3 is 5.32 Å². The normalized spacial score (nSPS) is 11.8. The molecule has 1 unspecified atom stereocenters. The van der Waals surface area contributed by atoms with Crippen LogP contribution in [0, 0.1) is 36.9 Å². The van der Waals surface area contributed by atoms with E-state index < -0.39 is 17.6 Å². The van der Waals surface area contributed by atoms with Crippen LogP contribution in [0.3, 0.4) is 0 Å². The predicted octanol–water partition coefficient (Wildman–Crippen LogP) is 4.97. The van der Waals surface area contributed by atoms with E-state index >= 15 is 0 Å². The van der Waals surface area contributed by atoms with Crippen LogP contribution in [-0.4, -0.2) is 10.9 Å². The van der Waals surface area contributed by atoms with Crippen molar-refractivity contribution in [2.45, 2.75) is 20.3 Å². The van der Waals surface area contributed by atoms with E-state index in [1.165, 1.54) is 24.3 Å². The molecule has 1 N–H and O–H groups in total. The standard InChI is InChI=1S/C21H17ClFN3O/c1-12-7-13(2)19-14(8-12)9-15(20(22)26-19)10-16(11-24)21(27)25-18-5-3-17(23)4-6-18/h3-9,16H,10H2,1-2H3,(H,25,27). The molecule has 0 radical (unpaired) electrons. The maximum atomic E-state index is 13.0. The molecule has 0 spiro atoms. The molecule has 1 atom stereocenters. The summed E-state index contributed by atoms with van der Waals surface area (Å²) in [6.45, 7) is 3.96. The van der Waals surface area contributed by atoms with Crippen LogP contribution in [0.1, 0.15) is 16.7 Å². The third-order valence-corrected chi connectivity index (χ3v) is 4.61. The number of halogens is 2. The second-order valence-electron chi connectivity index (χ2n) is 6.47. The number of carbonyl (C=O) groups is 1. The number of anilines is 1. The Kier molecular flexibility index (Phi) is 5.38. The summed E-state index contributed by atoms with van der Waals surface area (Å²) in [6.07, 6.45) is 0.137. The van der Waals surface area contributed by atoms with Crippen molar-refractivity contribution in [3.8, 4) is 6.07 Å². The predicted molar refractivity (Wildman–Crippen MR) is 104 cm³/mol. The molecule has 27 heavy (non-hydrogen) atoms. The summed E-state index contributed by atoms with van der Waals surface area (Å²) in [6, 6.07) is 13.3. The molecule has 0 saturated heterocycles. The molecule has 3 aromatic rings. The van der Waals surface area contributed by atoms with E-state index in [0.29, 0.717) is 11.3 Å². The van der Waals surface area contributed by atoms with Crippen LogP contribution in [-0.2, 0) is 11.2 Å². The highest BCUT2D eigenvalue weighted by Crippen LogP contribution is 2.26. The first-order chi connectivity index (χ1) is 12.9. The molecule has 6 heteroatoms. The average molecular weight is 382 g/mol. The van der Waals surface area contributed by atoms with Gasteiger partial charge in [-0.05, 0) is 61.4 Å². The van der Waals surface area contributed by atoms with Gasteiger partial charge in [-0.3, -0.25) is 4.79 Å². The summed E-state index contributed by atoms with van der Waals surface area (Å²) < 4.78 is 13.0. The zero-order valence-electron chi connectivity index (χ0n) is 14.9. The maximum Gasteiger partial charge on any atom is 0.242 e. The lowest BCUT2D eigenvalue weighted by Crippen LogP contribution is -2.23. The Labute approximate surface area is 161 Å². The number of rotatable bonds is 4. The number of aromatic nitrogens is 1. The Bertz CT molecular complexity index is 1060. The van der Waals surface area contributed by atoms with Crippen LogP contribution in [0.4, 0.5) is 10.1 Å². The van der Waals surface area contributed by atoms with Crippen molar-refractivity contribution in [1.82, 2.24) is 4.98 Å². The number of aryl methyl sites for hydroxylation is 2. The minimum absolute atomic E-state index is 0.137. The Morgan fingerprint density at radius 2 is 1.96 bits per heavy atom. The second kappa shape index (κ2) is 7.73. The summed E-state index contributed by atoms with van der Waals surface area (Å²) in [5.41, 5.74) is 3.98. The Morgan fingerprint density at radius 3 is 2.63 bits per heavy atom. The fourth-order valence-electron chi connectivity index (χ4n) is 3.00. The van der Waals surface area contributed by atoms with Crippen molar-refractivity contribution >= 4 is 34.1 Å². The lowest BCUT2D eigenvalue weighted by atomic mass is 9.98. The molecule has 4 nitrogen and oxygen atoms in total. The molecule has 1 heterocycles. The van der Waals surface area contributed by atoms with Crippen LogP contribution in [0.2, 0.25) is 5.15 Å². The molecule has 3 rings (SSSR count). The van der Waals surface area contributed by atoms with Crippen molar-refractivity contribution in [3.63, 3.8) is 0 Å². The molecule has 0 aliphatic carbocycles. The summed E-state index contributed by atoms with van der Waals surface area (Å²) in [4.78, 5) is 16.9. The first-order valence-corrected chi connectivity index (χ1v) is 8.77. The maximum absolute atomic E-state index is 13.0. The third-order valence-electron chi connectivity index (χ3n) is 4.29.